The fourth-order valence-electron chi connectivity index (χ4n) is 4.01. The molecule has 4 rings (SSSR count). The van der Waals surface area contributed by atoms with Crippen LogP contribution >= 0.6 is 0 Å². The Labute approximate surface area is 152 Å². The third-order valence-corrected chi connectivity index (χ3v) is 5.40. The Bertz CT molecular complexity index is 938. The summed E-state index contributed by atoms with van der Waals surface area (Å²) < 4.78 is 13.4. The zero-order valence-electron chi connectivity index (χ0n) is 15.0. The Balaban J connectivity index is 1.41. The molecule has 3 aromatic rings. The molecule has 3 nitrogen and oxygen atoms in total. The molecule has 0 aliphatic carbocycles. The van der Waals surface area contributed by atoms with Gasteiger partial charge in [0.1, 0.15) is 5.82 Å². The maximum absolute atomic E-state index is 13.4. The van der Waals surface area contributed by atoms with Crippen molar-refractivity contribution >= 4 is 16.8 Å². The third kappa shape index (κ3) is 3.36. The van der Waals surface area contributed by atoms with E-state index in [0.29, 0.717) is 12.3 Å². The van der Waals surface area contributed by atoms with Crippen molar-refractivity contribution in [1.82, 2.24) is 9.88 Å². The number of carbonyl (C=O) groups excluding carboxylic acids is 1. The Hall–Kier alpha value is -2.62. The Morgan fingerprint density at radius 1 is 1.19 bits per heavy atom. The monoisotopic (exact) mass is 350 g/mol. The van der Waals surface area contributed by atoms with E-state index in [1.807, 2.05) is 42.3 Å². The van der Waals surface area contributed by atoms with E-state index in [1.54, 1.807) is 6.07 Å². The number of rotatable bonds is 3. The number of likely N-dealkylation sites (tertiary alicyclic amines) is 1. The van der Waals surface area contributed by atoms with Gasteiger partial charge in [-0.2, -0.15) is 0 Å². The molecular formula is C22H23FN2O. The third-order valence-electron chi connectivity index (χ3n) is 5.40. The Kier molecular flexibility index (Phi) is 4.49. The van der Waals surface area contributed by atoms with Gasteiger partial charge in [0, 0.05) is 30.2 Å². The maximum Gasteiger partial charge on any atom is 0.226 e. The Morgan fingerprint density at radius 2 is 2.00 bits per heavy atom. The highest BCUT2D eigenvalue weighted by Crippen LogP contribution is 2.33. The number of aromatic amines is 1. The number of piperidine rings is 1. The van der Waals surface area contributed by atoms with Gasteiger partial charge < -0.3 is 9.88 Å². The predicted molar refractivity (Wildman–Crippen MR) is 102 cm³/mol. The fourth-order valence-corrected chi connectivity index (χ4v) is 4.01. The number of aromatic nitrogens is 1. The van der Waals surface area contributed by atoms with E-state index in [-0.39, 0.29) is 11.7 Å². The molecule has 0 atom stereocenters. The van der Waals surface area contributed by atoms with E-state index in [0.717, 1.165) is 42.4 Å². The van der Waals surface area contributed by atoms with Crippen molar-refractivity contribution in [2.45, 2.75) is 32.1 Å². The molecule has 0 radical (unpaired) electrons. The number of benzene rings is 2. The second-order valence-electron chi connectivity index (χ2n) is 7.25. The van der Waals surface area contributed by atoms with E-state index < -0.39 is 0 Å². The second-order valence-corrected chi connectivity index (χ2v) is 7.25. The lowest BCUT2D eigenvalue weighted by molar-refractivity contribution is -0.131. The lowest BCUT2D eigenvalue weighted by atomic mass is 9.89. The summed E-state index contributed by atoms with van der Waals surface area (Å²) in [5, 5.41) is 1.09. The number of hydrogen-bond acceptors (Lipinski definition) is 1. The van der Waals surface area contributed by atoms with Crippen LogP contribution in [0.15, 0.2) is 48.7 Å². The molecule has 1 aromatic heterocycles. The molecule has 1 aliphatic rings. The van der Waals surface area contributed by atoms with Gasteiger partial charge in [0.2, 0.25) is 5.91 Å². The highest BCUT2D eigenvalue weighted by molar-refractivity contribution is 5.84. The largest absolute Gasteiger partial charge is 0.361 e. The first-order valence-electron chi connectivity index (χ1n) is 9.20. The van der Waals surface area contributed by atoms with Gasteiger partial charge in [0.15, 0.2) is 0 Å². The molecule has 1 aliphatic heterocycles. The normalized spacial score (nSPS) is 15.5. The van der Waals surface area contributed by atoms with Crippen LogP contribution < -0.4 is 0 Å². The van der Waals surface area contributed by atoms with E-state index >= 15 is 0 Å². The zero-order valence-corrected chi connectivity index (χ0v) is 15.0. The van der Waals surface area contributed by atoms with E-state index in [9.17, 15) is 9.18 Å². The zero-order chi connectivity index (χ0) is 18.1. The van der Waals surface area contributed by atoms with Gasteiger partial charge in [-0.15, -0.1) is 0 Å². The highest BCUT2D eigenvalue weighted by atomic mass is 19.1. The number of amides is 1. The van der Waals surface area contributed by atoms with Crippen molar-refractivity contribution < 1.29 is 9.18 Å². The van der Waals surface area contributed by atoms with Crippen molar-refractivity contribution in [1.29, 1.82) is 0 Å². The molecule has 0 spiro atoms. The minimum Gasteiger partial charge on any atom is -0.361 e. The molecule has 0 bridgehead atoms. The molecule has 134 valence electrons. The average molecular weight is 350 g/mol. The van der Waals surface area contributed by atoms with Crippen LogP contribution in [0.5, 0.6) is 0 Å². The first kappa shape index (κ1) is 16.8. The van der Waals surface area contributed by atoms with Gasteiger partial charge in [-0.05, 0) is 55.0 Å². The lowest BCUT2D eigenvalue weighted by Gasteiger charge is -2.32. The van der Waals surface area contributed by atoms with Crippen LogP contribution in [-0.4, -0.2) is 28.9 Å². The van der Waals surface area contributed by atoms with Crippen LogP contribution in [0, 0.1) is 12.7 Å². The van der Waals surface area contributed by atoms with Crippen LogP contribution in [0.2, 0.25) is 0 Å². The molecule has 1 saturated heterocycles. The van der Waals surface area contributed by atoms with Crippen molar-refractivity contribution in [3.63, 3.8) is 0 Å². The predicted octanol–water partition coefficient (Wildman–Crippen LogP) is 4.56. The minimum atomic E-state index is -0.220. The minimum absolute atomic E-state index is 0.204. The molecule has 2 heterocycles. The summed E-state index contributed by atoms with van der Waals surface area (Å²) in [6.45, 7) is 3.61. The molecule has 1 fully saturated rings. The van der Waals surface area contributed by atoms with Gasteiger partial charge in [-0.3, -0.25) is 4.79 Å². The molecule has 1 amide bonds. The summed E-state index contributed by atoms with van der Waals surface area (Å²) in [7, 11) is 0. The number of nitrogens with zero attached hydrogens (tertiary/aromatic N) is 1. The van der Waals surface area contributed by atoms with Crippen molar-refractivity contribution in [2.75, 3.05) is 13.1 Å². The van der Waals surface area contributed by atoms with Crippen molar-refractivity contribution in [3.05, 3.63) is 71.2 Å². The molecular weight excluding hydrogens is 327 g/mol. The van der Waals surface area contributed by atoms with Gasteiger partial charge in [-0.25, -0.2) is 4.39 Å². The van der Waals surface area contributed by atoms with Crippen molar-refractivity contribution in [2.24, 2.45) is 0 Å². The summed E-state index contributed by atoms with van der Waals surface area (Å²) in [6, 6.07) is 13.1. The summed E-state index contributed by atoms with van der Waals surface area (Å²) in [5.41, 5.74) is 4.35. The van der Waals surface area contributed by atoms with Crippen LogP contribution in [-0.2, 0) is 11.2 Å². The van der Waals surface area contributed by atoms with Crippen LogP contribution in [0.4, 0.5) is 4.39 Å². The van der Waals surface area contributed by atoms with Crippen LogP contribution in [0.1, 0.15) is 35.4 Å². The average Bonchev–Trinajstić information content (AvgIpc) is 3.05. The summed E-state index contributed by atoms with van der Waals surface area (Å²) in [5.74, 6) is 0.398. The van der Waals surface area contributed by atoms with Gasteiger partial charge in [0.05, 0.1) is 6.42 Å². The molecule has 0 saturated carbocycles. The Morgan fingerprint density at radius 3 is 2.77 bits per heavy atom. The SMILES string of the molecule is Cc1cccc(CC(=O)N2CCC(c3c[nH]c4cc(F)ccc34)CC2)c1. The highest BCUT2D eigenvalue weighted by Gasteiger charge is 2.25. The van der Waals surface area contributed by atoms with Crippen molar-refractivity contribution in [3.8, 4) is 0 Å². The molecule has 0 unspecified atom stereocenters. The first-order valence-corrected chi connectivity index (χ1v) is 9.20. The van der Waals surface area contributed by atoms with Crippen LogP contribution in [0.25, 0.3) is 10.9 Å². The standard InChI is InChI=1S/C22H23FN2O/c1-15-3-2-4-16(11-15)12-22(26)25-9-7-17(8-10-25)20-14-24-21-13-18(23)5-6-19(20)21/h2-6,11,13-14,17,24H,7-10,12H2,1H3. The summed E-state index contributed by atoms with van der Waals surface area (Å²) in [6.07, 6.45) is 4.37. The molecule has 2 aromatic carbocycles. The maximum atomic E-state index is 13.4. The topological polar surface area (TPSA) is 36.1 Å². The molecule has 1 N–H and O–H groups in total. The molecule has 4 heteroatoms. The number of aryl methyl sites for hydroxylation is 1. The van der Waals surface area contributed by atoms with Gasteiger partial charge in [0.25, 0.3) is 0 Å². The van der Waals surface area contributed by atoms with E-state index in [4.69, 9.17) is 0 Å². The van der Waals surface area contributed by atoms with E-state index in [2.05, 4.69) is 11.1 Å². The number of H-pyrrole nitrogens is 1. The number of carbonyl (C=O) groups is 1. The number of nitrogens with one attached hydrogen (secondary N) is 1. The first-order chi connectivity index (χ1) is 12.6. The smallest absolute Gasteiger partial charge is 0.226 e. The number of halogens is 1. The summed E-state index contributed by atoms with van der Waals surface area (Å²) >= 11 is 0. The number of fused-ring (bicyclic) bond motifs is 1. The molecule has 26 heavy (non-hydrogen) atoms. The van der Waals surface area contributed by atoms with Gasteiger partial charge in [-0.1, -0.05) is 29.8 Å². The van der Waals surface area contributed by atoms with E-state index in [1.165, 1.54) is 17.2 Å². The lowest BCUT2D eigenvalue weighted by Crippen LogP contribution is -2.38. The quantitative estimate of drug-likeness (QED) is 0.738. The van der Waals surface area contributed by atoms with Crippen LogP contribution in [0.3, 0.4) is 0 Å². The summed E-state index contributed by atoms with van der Waals surface area (Å²) in [4.78, 5) is 17.8. The second kappa shape index (κ2) is 6.94. The van der Waals surface area contributed by atoms with Gasteiger partial charge >= 0.3 is 0 Å². The fraction of sp³-hybridized carbons (Fsp3) is 0.318. The number of hydrogen-bond donors (Lipinski definition) is 1.